The summed E-state index contributed by atoms with van der Waals surface area (Å²) in [5.41, 5.74) is 0.414. The van der Waals surface area contributed by atoms with Crippen molar-refractivity contribution in [1.29, 1.82) is 0 Å². The Bertz CT molecular complexity index is 657. The molecule has 122 valence electrons. The fraction of sp³-hybridized carbons (Fsp3) is 0.375. The van der Waals surface area contributed by atoms with Crippen LogP contribution >= 0.6 is 0 Å². The molecule has 0 radical (unpaired) electrons. The monoisotopic (exact) mass is 320 g/mol. The van der Waals surface area contributed by atoms with E-state index in [4.69, 9.17) is 4.74 Å². The maximum Gasteiger partial charge on any atom is 0.234 e. The van der Waals surface area contributed by atoms with Crippen molar-refractivity contribution in [3.8, 4) is 5.88 Å². The SMILES string of the molecule is CC(Oc1cncc(N2CCNCC2)n1)c1cc(F)cc(F)c1. The first-order valence-electron chi connectivity index (χ1n) is 7.52. The van der Waals surface area contributed by atoms with Crippen molar-refractivity contribution in [1.82, 2.24) is 15.3 Å². The van der Waals surface area contributed by atoms with Gasteiger partial charge >= 0.3 is 0 Å². The van der Waals surface area contributed by atoms with Gasteiger partial charge in [0.25, 0.3) is 0 Å². The predicted molar refractivity (Wildman–Crippen MR) is 82.5 cm³/mol. The highest BCUT2D eigenvalue weighted by atomic mass is 19.1. The smallest absolute Gasteiger partial charge is 0.234 e. The molecule has 2 aromatic rings. The lowest BCUT2D eigenvalue weighted by atomic mass is 10.1. The second-order valence-corrected chi connectivity index (χ2v) is 5.42. The van der Waals surface area contributed by atoms with Crippen LogP contribution in [0.4, 0.5) is 14.6 Å². The third-order valence-electron chi connectivity index (χ3n) is 3.69. The van der Waals surface area contributed by atoms with Crippen molar-refractivity contribution in [3.63, 3.8) is 0 Å². The number of anilines is 1. The van der Waals surface area contributed by atoms with Gasteiger partial charge in [-0.05, 0) is 24.6 Å². The van der Waals surface area contributed by atoms with Crippen LogP contribution in [0.3, 0.4) is 0 Å². The number of nitrogens with one attached hydrogen (secondary N) is 1. The molecule has 23 heavy (non-hydrogen) atoms. The zero-order valence-corrected chi connectivity index (χ0v) is 12.8. The maximum atomic E-state index is 13.3. The van der Waals surface area contributed by atoms with Crippen LogP contribution in [0.5, 0.6) is 5.88 Å². The van der Waals surface area contributed by atoms with Crippen LogP contribution in [-0.4, -0.2) is 36.1 Å². The Labute approximate surface area is 133 Å². The molecular weight excluding hydrogens is 302 g/mol. The van der Waals surface area contributed by atoms with Crippen molar-refractivity contribution in [2.75, 3.05) is 31.1 Å². The average Bonchev–Trinajstić information content (AvgIpc) is 2.55. The molecule has 1 N–H and O–H groups in total. The van der Waals surface area contributed by atoms with E-state index in [0.29, 0.717) is 11.4 Å². The van der Waals surface area contributed by atoms with Gasteiger partial charge in [-0.1, -0.05) is 0 Å². The minimum absolute atomic E-state index is 0.332. The summed E-state index contributed by atoms with van der Waals surface area (Å²) >= 11 is 0. The molecule has 0 bridgehead atoms. The van der Waals surface area contributed by atoms with Gasteiger partial charge in [0, 0.05) is 32.2 Å². The van der Waals surface area contributed by atoms with Crippen molar-refractivity contribution in [3.05, 3.63) is 47.8 Å². The van der Waals surface area contributed by atoms with Gasteiger partial charge in [0.1, 0.15) is 17.7 Å². The second-order valence-electron chi connectivity index (χ2n) is 5.42. The van der Waals surface area contributed by atoms with Crippen molar-refractivity contribution >= 4 is 5.82 Å². The molecular formula is C16H18F2N4O. The fourth-order valence-corrected chi connectivity index (χ4v) is 2.50. The Hall–Kier alpha value is -2.28. The molecule has 5 nitrogen and oxygen atoms in total. The van der Waals surface area contributed by atoms with Crippen LogP contribution in [0.1, 0.15) is 18.6 Å². The quantitative estimate of drug-likeness (QED) is 0.937. The van der Waals surface area contributed by atoms with Gasteiger partial charge in [-0.15, -0.1) is 0 Å². The first-order chi connectivity index (χ1) is 11.1. The van der Waals surface area contributed by atoms with E-state index in [9.17, 15) is 8.78 Å². The van der Waals surface area contributed by atoms with Gasteiger partial charge < -0.3 is 15.0 Å². The third-order valence-corrected chi connectivity index (χ3v) is 3.69. The van der Waals surface area contributed by atoms with Crippen molar-refractivity contribution < 1.29 is 13.5 Å². The number of ether oxygens (including phenoxy) is 1. The minimum atomic E-state index is -0.629. The Morgan fingerprint density at radius 3 is 2.52 bits per heavy atom. The number of rotatable bonds is 4. The van der Waals surface area contributed by atoms with Gasteiger partial charge in [0.2, 0.25) is 5.88 Å². The number of hydrogen-bond donors (Lipinski definition) is 1. The number of halogens is 2. The normalized spacial score (nSPS) is 16.2. The molecule has 7 heteroatoms. The highest BCUT2D eigenvalue weighted by Crippen LogP contribution is 2.23. The van der Waals surface area contributed by atoms with Crippen molar-refractivity contribution in [2.24, 2.45) is 0 Å². The average molecular weight is 320 g/mol. The van der Waals surface area contributed by atoms with E-state index in [1.165, 1.54) is 18.3 Å². The maximum absolute atomic E-state index is 13.3. The molecule has 1 aliphatic heterocycles. The third kappa shape index (κ3) is 3.92. The van der Waals surface area contributed by atoms with Gasteiger partial charge in [0.05, 0.1) is 12.4 Å². The largest absolute Gasteiger partial charge is 0.469 e. The van der Waals surface area contributed by atoms with Crippen LogP contribution in [0.25, 0.3) is 0 Å². The predicted octanol–water partition coefficient (Wildman–Crippen LogP) is 2.30. The highest BCUT2D eigenvalue weighted by Gasteiger charge is 2.15. The summed E-state index contributed by atoms with van der Waals surface area (Å²) in [7, 11) is 0. The molecule has 1 saturated heterocycles. The number of piperazine rings is 1. The minimum Gasteiger partial charge on any atom is -0.469 e. The number of aromatic nitrogens is 2. The number of hydrogen-bond acceptors (Lipinski definition) is 5. The Morgan fingerprint density at radius 1 is 1.13 bits per heavy atom. The van der Waals surface area contributed by atoms with Crippen molar-refractivity contribution in [2.45, 2.75) is 13.0 Å². The molecule has 0 amide bonds. The molecule has 1 aliphatic rings. The lowest BCUT2D eigenvalue weighted by Gasteiger charge is -2.28. The van der Waals surface area contributed by atoms with Gasteiger partial charge in [0.15, 0.2) is 5.82 Å². The molecule has 3 rings (SSSR count). The summed E-state index contributed by atoms with van der Waals surface area (Å²) in [5, 5.41) is 3.27. The van der Waals surface area contributed by atoms with Crippen LogP contribution in [0.15, 0.2) is 30.6 Å². The van der Waals surface area contributed by atoms with E-state index in [-0.39, 0.29) is 0 Å². The van der Waals surface area contributed by atoms with E-state index in [2.05, 4.69) is 20.2 Å². The van der Waals surface area contributed by atoms with Crippen LogP contribution in [-0.2, 0) is 0 Å². The van der Waals surface area contributed by atoms with Gasteiger partial charge in [-0.2, -0.15) is 4.98 Å². The highest BCUT2D eigenvalue weighted by molar-refractivity contribution is 5.38. The summed E-state index contributed by atoms with van der Waals surface area (Å²) in [5.74, 6) is -0.188. The zero-order chi connectivity index (χ0) is 16.2. The molecule has 1 fully saturated rings. The topological polar surface area (TPSA) is 50.3 Å². The molecule has 1 unspecified atom stereocenters. The Morgan fingerprint density at radius 2 is 1.83 bits per heavy atom. The van der Waals surface area contributed by atoms with Gasteiger partial charge in [-0.25, -0.2) is 8.78 Å². The molecule has 0 spiro atoms. The van der Waals surface area contributed by atoms with Crippen LogP contribution in [0.2, 0.25) is 0 Å². The summed E-state index contributed by atoms with van der Waals surface area (Å²) in [4.78, 5) is 10.7. The lowest BCUT2D eigenvalue weighted by Crippen LogP contribution is -2.43. The standard InChI is InChI=1S/C16H18F2N4O/c1-11(12-6-13(17)8-14(18)7-12)23-16-10-20-9-15(21-16)22-4-2-19-3-5-22/h6-11,19H,2-5H2,1H3. The molecule has 1 aromatic carbocycles. The van der Waals surface area contributed by atoms with E-state index < -0.39 is 17.7 Å². The molecule has 1 atom stereocenters. The summed E-state index contributed by atoms with van der Waals surface area (Å²) in [6.45, 7) is 5.20. The fourth-order valence-electron chi connectivity index (χ4n) is 2.50. The molecule has 1 aromatic heterocycles. The van der Waals surface area contributed by atoms with Gasteiger partial charge in [-0.3, -0.25) is 4.98 Å². The number of benzene rings is 1. The van der Waals surface area contributed by atoms with Crippen LogP contribution < -0.4 is 15.0 Å². The van der Waals surface area contributed by atoms with E-state index >= 15 is 0 Å². The lowest BCUT2D eigenvalue weighted by molar-refractivity contribution is 0.215. The summed E-state index contributed by atoms with van der Waals surface area (Å²) < 4.78 is 32.3. The Kier molecular flexibility index (Phi) is 4.66. The summed E-state index contributed by atoms with van der Waals surface area (Å²) in [6, 6.07) is 3.34. The van der Waals surface area contributed by atoms with E-state index in [1.54, 1.807) is 13.1 Å². The second kappa shape index (κ2) is 6.87. The van der Waals surface area contributed by atoms with Crippen LogP contribution in [0, 0.1) is 11.6 Å². The Balaban J connectivity index is 1.74. The number of nitrogens with zero attached hydrogens (tertiary/aromatic N) is 3. The molecule has 2 heterocycles. The zero-order valence-electron chi connectivity index (χ0n) is 12.8. The molecule has 0 saturated carbocycles. The molecule has 0 aliphatic carbocycles. The van der Waals surface area contributed by atoms with E-state index in [1.807, 2.05) is 0 Å². The first-order valence-corrected chi connectivity index (χ1v) is 7.52. The summed E-state index contributed by atoms with van der Waals surface area (Å²) in [6.07, 6.45) is 2.65. The van der Waals surface area contributed by atoms with E-state index in [0.717, 1.165) is 38.1 Å². The first kappa shape index (κ1) is 15.6.